The van der Waals surface area contributed by atoms with E-state index >= 15 is 0 Å². The Morgan fingerprint density at radius 2 is 1.70 bits per heavy atom. The monoisotopic (exact) mass is 452 g/mol. The molecule has 0 aliphatic heterocycles. The zero-order chi connectivity index (χ0) is 23.8. The van der Waals surface area contributed by atoms with Crippen LogP contribution in [0.1, 0.15) is 63.5 Å². The Bertz CT molecular complexity index is 906. The minimum Gasteiger partial charge on any atom is -0.460 e. The van der Waals surface area contributed by atoms with E-state index in [1.807, 2.05) is 63.2 Å². The number of aliphatic hydroxyl groups excluding tert-OH is 1. The molecule has 1 aliphatic rings. The first-order valence-corrected chi connectivity index (χ1v) is 11.8. The third-order valence-electron chi connectivity index (χ3n) is 5.93. The Morgan fingerprint density at radius 1 is 1.03 bits per heavy atom. The molecule has 2 amide bonds. The van der Waals surface area contributed by atoms with Crippen molar-refractivity contribution in [1.29, 1.82) is 0 Å². The first-order chi connectivity index (χ1) is 15.8. The maximum absolute atomic E-state index is 12.8. The summed E-state index contributed by atoms with van der Waals surface area (Å²) in [6.45, 7) is 6.23. The highest BCUT2D eigenvalue weighted by atomic mass is 16.6. The van der Waals surface area contributed by atoms with Crippen LogP contribution in [0, 0.1) is 5.92 Å². The summed E-state index contributed by atoms with van der Waals surface area (Å²) >= 11 is 0. The van der Waals surface area contributed by atoms with Crippen LogP contribution < -0.4 is 10.2 Å². The molecule has 0 aromatic heterocycles. The van der Waals surface area contributed by atoms with Crippen LogP contribution >= 0.6 is 0 Å². The van der Waals surface area contributed by atoms with Gasteiger partial charge in [-0.2, -0.15) is 0 Å². The first kappa shape index (κ1) is 24.8. The molecule has 6 heteroatoms. The highest BCUT2D eigenvalue weighted by molar-refractivity contribution is 5.91. The summed E-state index contributed by atoms with van der Waals surface area (Å²) < 4.78 is 5.70. The number of nitrogens with zero attached hydrogens (tertiary/aromatic N) is 1. The Labute approximate surface area is 196 Å². The van der Waals surface area contributed by atoms with Gasteiger partial charge in [0.25, 0.3) is 0 Å². The highest BCUT2D eigenvalue weighted by Gasteiger charge is 2.35. The van der Waals surface area contributed by atoms with Crippen LogP contribution in [-0.4, -0.2) is 35.9 Å². The van der Waals surface area contributed by atoms with Crippen molar-refractivity contribution in [3.63, 3.8) is 0 Å². The number of carbonyl (C=O) groups is 2. The minimum atomic E-state index is -0.486. The number of carbonyl (C=O) groups excluding carboxylic acids is 2. The fraction of sp³-hybridized carbons (Fsp3) is 0.481. The van der Waals surface area contributed by atoms with E-state index in [1.54, 1.807) is 4.90 Å². The van der Waals surface area contributed by atoms with Gasteiger partial charge in [0.1, 0.15) is 5.60 Å². The molecule has 6 nitrogen and oxygen atoms in total. The van der Waals surface area contributed by atoms with Crippen LogP contribution in [0.5, 0.6) is 0 Å². The number of para-hydroxylation sites is 1. The van der Waals surface area contributed by atoms with Crippen molar-refractivity contribution in [3.05, 3.63) is 65.7 Å². The van der Waals surface area contributed by atoms with Crippen molar-refractivity contribution >= 4 is 17.7 Å². The summed E-state index contributed by atoms with van der Waals surface area (Å²) in [7, 11) is 0. The molecule has 0 saturated heterocycles. The SMILES string of the molecule is CC(C)(C)OC(=O)[C@@H]1CCCC[C@H]1c1ccc(CN(C(=O)NCCO)c2ccccc2)cc1. The second-order valence-electron chi connectivity index (χ2n) is 9.65. The van der Waals surface area contributed by atoms with E-state index in [2.05, 4.69) is 17.4 Å². The molecule has 2 N–H and O–H groups in total. The van der Waals surface area contributed by atoms with Crippen LogP contribution in [0.2, 0.25) is 0 Å². The number of benzene rings is 2. The average molecular weight is 453 g/mol. The third kappa shape index (κ3) is 7.06. The minimum absolute atomic E-state index is 0.105. The van der Waals surface area contributed by atoms with Gasteiger partial charge in [-0.05, 0) is 62.8 Å². The van der Waals surface area contributed by atoms with Crippen molar-refractivity contribution in [2.45, 2.75) is 64.5 Å². The van der Waals surface area contributed by atoms with Gasteiger partial charge in [0.05, 0.1) is 19.1 Å². The zero-order valence-electron chi connectivity index (χ0n) is 19.9. The summed E-state index contributed by atoms with van der Waals surface area (Å²) in [4.78, 5) is 27.2. The second-order valence-corrected chi connectivity index (χ2v) is 9.65. The van der Waals surface area contributed by atoms with Gasteiger partial charge in [0.15, 0.2) is 0 Å². The smallest absolute Gasteiger partial charge is 0.322 e. The summed E-state index contributed by atoms with van der Waals surface area (Å²) in [6.07, 6.45) is 3.99. The molecule has 1 saturated carbocycles. The van der Waals surface area contributed by atoms with Crippen LogP contribution in [0.4, 0.5) is 10.5 Å². The number of urea groups is 1. The molecule has 0 heterocycles. The Kier molecular flexibility index (Phi) is 8.50. The number of esters is 1. The third-order valence-corrected chi connectivity index (χ3v) is 5.93. The summed E-state index contributed by atoms with van der Waals surface area (Å²) in [5.41, 5.74) is 2.44. The number of amides is 2. The van der Waals surface area contributed by atoms with Crippen molar-refractivity contribution in [3.8, 4) is 0 Å². The van der Waals surface area contributed by atoms with E-state index in [9.17, 15) is 9.59 Å². The fourth-order valence-corrected chi connectivity index (χ4v) is 4.39. The number of anilines is 1. The maximum Gasteiger partial charge on any atom is 0.322 e. The Hall–Kier alpha value is -2.86. The molecule has 178 valence electrons. The maximum atomic E-state index is 12.8. The number of rotatable bonds is 7. The number of hydrogen-bond donors (Lipinski definition) is 2. The predicted molar refractivity (Wildman–Crippen MR) is 130 cm³/mol. The van der Waals surface area contributed by atoms with Crippen LogP contribution in [0.15, 0.2) is 54.6 Å². The van der Waals surface area contributed by atoms with Gasteiger partial charge in [0, 0.05) is 12.2 Å². The van der Waals surface area contributed by atoms with Crippen molar-refractivity contribution in [2.75, 3.05) is 18.1 Å². The number of ether oxygens (including phenoxy) is 1. The zero-order valence-corrected chi connectivity index (χ0v) is 19.9. The van der Waals surface area contributed by atoms with Gasteiger partial charge in [-0.15, -0.1) is 0 Å². The normalized spacial score (nSPS) is 18.4. The molecule has 2 atom stereocenters. The lowest BCUT2D eigenvalue weighted by Gasteiger charge is -2.33. The van der Waals surface area contributed by atoms with Crippen LogP contribution in [-0.2, 0) is 16.1 Å². The largest absolute Gasteiger partial charge is 0.460 e. The average Bonchev–Trinajstić information content (AvgIpc) is 2.81. The molecular weight excluding hydrogens is 416 g/mol. The lowest BCUT2D eigenvalue weighted by molar-refractivity contribution is -0.161. The van der Waals surface area contributed by atoms with Crippen molar-refractivity contribution in [1.82, 2.24) is 5.32 Å². The summed E-state index contributed by atoms with van der Waals surface area (Å²) in [6, 6.07) is 17.5. The van der Waals surface area contributed by atoms with Crippen LogP contribution in [0.3, 0.4) is 0 Å². The van der Waals surface area contributed by atoms with Gasteiger partial charge in [-0.3, -0.25) is 9.69 Å². The van der Waals surface area contributed by atoms with E-state index < -0.39 is 5.60 Å². The number of aliphatic hydroxyl groups is 1. The van der Waals surface area contributed by atoms with E-state index in [4.69, 9.17) is 9.84 Å². The van der Waals surface area contributed by atoms with Gasteiger partial charge < -0.3 is 15.2 Å². The molecule has 1 aliphatic carbocycles. The van der Waals surface area contributed by atoms with Gasteiger partial charge in [-0.25, -0.2) is 4.79 Å². The van der Waals surface area contributed by atoms with Gasteiger partial charge in [-0.1, -0.05) is 55.3 Å². The van der Waals surface area contributed by atoms with E-state index in [1.165, 1.54) is 0 Å². The van der Waals surface area contributed by atoms with E-state index in [-0.39, 0.29) is 37.0 Å². The lowest BCUT2D eigenvalue weighted by atomic mass is 9.75. The van der Waals surface area contributed by atoms with Crippen molar-refractivity contribution < 1.29 is 19.4 Å². The van der Waals surface area contributed by atoms with E-state index in [0.29, 0.717) is 6.54 Å². The number of nitrogens with one attached hydrogen (secondary N) is 1. The fourth-order valence-electron chi connectivity index (χ4n) is 4.39. The number of hydrogen-bond acceptors (Lipinski definition) is 4. The molecule has 0 spiro atoms. The predicted octanol–water partition coefficient (Wildman–Crippen LogP) is 5.01. The highest BCUT2D eigenvalue weighted by Crippen LogP contribution is 2.39. The standard InChI is InChI=1S/C27H36N2O4/c1-27(2,3)33-25(31)24-12-8-7-11-23(24)21-15-13-20(14-16-21)19-29(26(32)28-17-18-30)22-9-5-4-6-10-22/h4-6,9-10,13-16,23-24,30H,7-8,11-12,17-19H2,1-3H3,(H,28,32)/t23-,24+/m0/s1. The summed E-state index contributed by atoms with van der Waals surface area (Å²) in [5.74, 6) is -0.0679. The summed E-state index contributed by atoms with van der Waals surface area (Å²) in [5, 5.41) is 11.8. The molecule has 2 aromatic rings. The lowest BCUT2D eigenvalue weighted by Crippen LogP contribution is -2.40. The van der Waals surface area contributed by atoms with Gasteiger partial charge in [0.2, 0.25) is 0 Å². The van der Waals surface area contributed by atoms with Crippen LogP contribution in [0.25, 0.3) is 0 Å². The molecular formula is C27H36N2O4. The first-order valence-electron chi connectivity index (χ1n) is 11.8. The van der Waals surface area contributed by atoms with Crippen molar-refractivity contribution in [2.24, 2.45) is 5.92 Å². The molecule has 2 aromatic carbocycles. The Morgan fingerprint density at radius 3 is 2.33 bits per heavy atom. The molecule has 1 fully saturated rings. The Balaban J connectivity index is 1.75. The molecule has 33 heavy (non-hydrogen) atoms. The molecule has 0 radical (unpaired) electrons. The molecule has 0 bridgehead atoms. The quantitative estimate of drug-likeness (QED) is 0.579. The van der Waals surface area contributed by atoms with E-state index in [0.717, 1.165) is 42.5 Å². The topological polar surface area (TPSA) is 78.9 Å². The van der Waals surface area contributed by atoms with Gasteiger partial charge >= 0.3 is 12.0 Å². The second kappa shape index (κ2) is 11.3. The molecule has 3 rings (SSSR count). The molecule has 0 unspecified atom stereocenters.